The summed E-state index contributed by atoms with van der Waals surface area (Å²) in [6.45, 7) is 43.3. The first-order valence-electron chi connectivity index (χ1n) is 21.4. The molecule has 2 saturated carbocycles. The van der Waals surface area contributed by atoms with Crippen LogP contribution in [0.1, 0.15) is 41.5 Å². The summed E-state index contributed by atoms with van der Waals surface area (Å²) in [5.41, 5.74) is 10.4. The molecule has 2 fully saturated rings. The van der Waals surface area contributed by atoms with E-state index in [1.807, 2.05) is 0 Å². The van der Waals surface area contributed by atoms with Gasteiger partial charge in [-0.05, 0) is 93.1 Å². The second-order valence-corrected chi connectivity index (χ2v) is 46.6. The molecule has 0 amide bonds. The summed E-state index contributed by atoms with van der Waals surface area (Å²) in [4.78, 5) is 0. The molecule has 0 saturated heterocycles. The van der Waals surface area contributed by atoms with Crippen molar-refractivity contribution in [3.8, 4) is 22.6 Å². The smallest absolute Gasteiger partial charge is 0.511 e. The van der Waals surface area contributed by atoms with Crippen molar-refractivity contribution in [2.24, 2.45) is 10.8 Å². The fraction of sp³-hybridized carbons (Fsp3) is 0.392. The molecule has 1 heterocycles. The van der Waals surface area contributed by atoms with Crippen LogP contribution in [-0.2, 0) is 32.7 Å². The molecule has 308 valence electrons. The Bertz CT molecular complexity index is 1940. The minimum atomic E-state index is -3.52. The van der Waals surface area contributed by atoms with Crippen molar-refractivity contribution in [1.29, 1.82) is 0 Å². The van der Waals surface area contributed by atoms with Gasteiger partial charge in [-0.25, -0.2) is 0 Å². The van der Waals surface area contributed by atoms with E-state index in [2.05, 4.69) is 224 Å². The molecule has 1 aliphatic heterocycles. The topological polar surface area (TPSA) is 18.5 Å². The Balaban J connectivity index is 0.000000594. The van der Waals surface area contributed by atoms with Gasteiger partial charge in [-0.1, -0.05) is 181 Å². The van der Waals surface area contributed by atoms with Crippen LogP contribution in [0.15, 0.2) is 72.8 Å². The average Bonchev–Trinajstić information content (AvgIpc) is 3.72. The zero-order valence-corrected chi connectivity index (χ0v) is 47.5. The molecule has 4 aromatic rings. The first-order valence-corrected chi connectivity index (χ1v) is 37.4. The Morgan fingerprint density at radius 3 is 1.08 bits per heavy atom. The van der Waals surface area contributed by atoms with Crippen LogP contribution in [0, 0.1) is 76.2 Å². The van der Waals surface area contributed by atoms with Crippen LogP contribution in [0.4, 0.5) is 0 Å². The van der Waals surface area contributed by atoms with Crippen molar-refractivity contribution >= 4 is 62.4 Å². The van der Waals surface area contributed by atoms with Crippen molar-refractivity contribution in [3.05, 3.63) is 138 Å². The van der Waals surface area contributed by atoms with E-state index in [1.54, 1.807) is 0 Å². The molecule has 0 unspecified atom stereocenters. The maximum Gasteiger partial charge on any atom is 3.00 e. The quantitative estimate of drug-likeness (QED) is 0.142. The SMILES string of the molecule is CC(C)(C)[C]1[CH][C]([Si](C)(C)C)[C]([Si]2([C]3[CH][C](C(C)(C)C)[CH][C]3[Si](C)(C)C)Oc3ccc4ccccc4c3-c3c(ccc4ccccc34)O2)[CH]1.C[Si](C)(C)[CH-][Si](C)(C)C.[Y+3]. The summed E-state index contributed by atoms with van der Waals surface area (Å²) in [6, 6.07) is 26.4. The van der Waals surface area contributed by atoms with Gasteiger partial charge in [0.05, 0.1) is 27.2 Å². The summed E-state index contributed by atoms with van der Waals surface area (Å²) in [7, 11) is -9.02. The predicted molar refractivity (Wildman–Crippen MR) is 267 cm³/mol. The first kappa shape index (κ1) is 49.2. The molecule has 0 bridgehead atoms. The van der Waals surface area contributed by atoms with Gasteiger partial charge in [0, 0.05) is 11.1 Å². The zero-order chi connectivity index (χ0) is 43.0. The third-order valence-electron chi connectivity index (χ3n) is 11.2. The van der Waals surface area contributed by atoms with Crippen molar-refractivity contribution in [2.45, 2.75) is 120 Å². The van der Waals surface area contributed by atoms with Crippen LogP contribution in [-0.4, -0.2) is 40.9 Å². The van der Waals surface area contributed by atoms with Crippen LogP contribution >= 0.6 is 0 Å². The molecule has 59 heavy (non-hydrogen) atoms. The second kappa shape index (κ2) is 17.3. The molecular weight excluding hydrogens is 874 g/mol. The molecule has 0 N–H and O–H groups in total. The van der Waals surface area contributed by atoms with E-state index in [4.69, 9.17) is 8.85 Å². The molecule has 3 aliphatic rings. The van der Waals surface area contributed by atoms with Gasteiger partial charge in [-0.2, -0.15) is 0 Å². The van der Waals surface area contributed by atoms with Crippen LogP contribution in [0.3, 0.4) is 0 Å². The minimum absolute atomic E-state index is 0. The third kappa shape index (κ3) is 10.8. The van der Waals surface area contributed by atoms with Gasteiger partial charge >= 0.3 is 41.3 Å². The van der Waals surface area contributed by atoms with E-state index in [-0.39, 0.29) is 43.5 Å². The number of hydrogen-bond donors (Lipinski definition) is 0. The van der Waals surface area contributed by atoms with Gasteiger partial charge in [-0.3, -0.25) is 0 Å². The molecule has 8 heteroatoms. The largest absolute Gasteiger partial charge is 3.00 e. The van der Waals surface area contributed by atoms with Gasteiger partial charge in [0.15, 0.2) is 0 Å². The van der Waals surface area contributed by atoms with E-state index in [0.29, 0.717) is 0 Å². The Morgan fingerprint density at radius 2 is 0.797 bits per heavy atom. The van der Waals surface area contributed by atoms with Gasteiger partial charge < -0.3 is 14.5 Å². The van der Waals surface area contributed by atoms with Crippen LogP contribution < -0.4 is 8.85 Å². The van der Waals surface area contributed by atoms with Gasteiger partial charge in [-0.15, -0.1) is 16.1 Å². The predicted octanol–water partition coefficient (Wildman–Crippen LogP) is 15.0. The Hall–Kier alpha value is -0.812. The number of hydrogen-bond acceptors (Lipinski definition) is 2. The fourth-order valence-corrected chi connectivity index (χ4v) is 28.7. The fourth-order valence-electron chi connectivity index (χ4n) is 8.85. The van der Waals surface area contributed by atoms with E-state index < -0.39 is 40.9 Å². The summed E-state index contributed by atoms with van der Waals surface area (Å²) in [5.74, 6) is 4.55. The molecule has 4 aromatic carbocycles. The van der Waals surface area contributed by atoms with E-state index in [1.165, 1.54) is 55.5 Å². The van der Waals surface area contributed by atoms with Gasteiger partial charge in [0.1, 0.15) is 11.5 Å². The third-order valence-corrected chi connectivity index (χ3v) is 26.0. The Labute approximate surface area is 392 Å². The Morgan fingerprint density at radius 1 is 0.458 bits per heavy atom. The summed E-state index contributed by atoms with van der Waals surface area (Å²) >= 11 is 0. The normalized spacial score (nSPS) is 19.4. The summed E-state index contributed by atoms with van der Waals surface area (Å²) < 4.78 is 15.9. The van der Waals surface area contributed by atoms with Gasteiger partial charge in [0.2, 0.25) is 0 Å². The minimum Gasteiger partial charge on any atom is -0.511 e. The number of benzene rings is 4. The number of fused-ring (bicyclic) bond motifs is 7. The van der Waals surface area contributed by atoms with Crippen LogP contribution in [0.25, 0.3) is 32.7 Å². The molecular formula is C51H71O2Si5Y+2. The molecule has 2 aliphatic carbocycles. The number of rotatable bonds is 6. The van der Waals surface area contributed by atoms with Crippen LogP contribution in [0.2, 0.25) is 78.6 Å². The molecule has 7 rings (SSSR count). The maximum atomic E-state index is 7.94. The van der Waals surface area contributed by atoms with Crippen molar-refractivity contribution in [3.63, 3.8) is 0 Å². The Kier molecular flexibility index (Phi) is 14.4. The average molecular weight is 945 g/mol. The molecule has 0 aromatic heterocycles. The standard InChI is InChI=1S/C44H52O2Si3.C7H19Si2.Y/c1-43(2,3)31-25-37(47(7,8)9)39(27-31)49(40-28-32(44(4,5)6)26-38(40)48(10,11)12)45-35-23-21-29-17-13-15-19-33(29)41(35)42-34-20-16-14-18-30(34)22-24-36(42)46-49;1-8(2,3)7-9(4,5)6;/h13-28H,1-12H3;7H,1-6H3;/q;-1;+3. The van der Waals surface area contributed by atoms with Gasteiger partial charge in [0.25, 0.3) is 0 Å². The molecule has 0 spiro atoms. The molecule has 10 radical (unpaired) electrons. The van der Waals surface area contributed by atoms with E-state index in [0.717, 1.165) is 22.6 Å². The van der Waals surface area contributed by atoms with Crippen molar-refractivity contribution in [1.82, 2.24) is 0 Å². The second-order valence-electron chi connectivity index (χ2n) is 23.2. The first-order chi connectivity index (χ1) is 26.5. The van der Waals surface area contributed by atoms with Crippen molar-refractivity contribution < 1.29 is 41.6 Å². The maximum absolute atomic E-state index is 7.94. The summed E-state index contributed by atoms with van der Waals surface area (Å²) in [6.07, 6.45) is 10.0. The van der Waals surface area contributed by atoms with Crippen molar-refractivity contribution in [2.75, 3.05) is 0 Å². The molecule has 2 nitrogen and oxygen atoms in total. The summed E-state index contributed by atoms with van der Waals surface area (Å²) in [5, 5.41) is 4.79. The zero-order valence-electron chi connectivity index (χ0n) is 39.7. The van der Waals surface area contributed by atoms with E-state index >= 15 is 0 Å². The monoisotopic (exact) mass is 944 g/mol. The molecule has 0 atom stereocenters. The van der Waals surface area contributed by atoms with Crippen LogP contribution in [0.5, 0.6) is 11.5 Å². The van der Waals surface area contributed by atoms with E-state index in [9.17, 15) is 0 Å².